The summed E-state index contributed by atoms with van der Waals surface area (Å²) in [4.78, 5) is 14.3. The van der Waals surface area contributed by atoms with Crippen LogP contribution in [0.25, 0.3) is 11.5 Å². The highest BCUT2D eigenvalue weighted by atomic mass is 16.3. The number of hydrogen-bond donors (Lipinski definition) is 2. The summed E-state index contributed by atoms with van der Waals surface area (Å²) >= 11 is 0. The fraction of sp³-hybridized carbons (Fsp3) is 0.556. The van der Waals surface area contributed by atoms with Gasteiger partial charge in [0, 0.05) is 25.2 Å². The Kier molecular flexibility index (Phi) is 4.38. The Morgan fingerprint density at radius 2 is 2.25 bits per heavy atom. The number of amides is 1. The topological polar surface area (TPSA) is 74.2 Å². The van der Waals surface area contributed by atoms with E-state index in [1.54, 1.807) is 6.20 Å². The maximum absolute atomic E-state index is 11.9. The molecule has 4 rings (SSSR count). The molecular weight excluding hydrogens is 304 g/mol. The summed E-state index contributed by atoms with van der Waals surface area (Å²) in [6, 6.07) is 5.91. The van der Waals surface area contributed by atoms with E-state index in [1.807, 2.05) is 18.2 Å². The summed E-state index contributed by atoms with van der Waals surface area (Å²) in [6.45, 7) is 3.71. The van der Waals surface area contributed by atoms with Crippen LogP contribution in [0.15, 0.2) is 28.8 Å². The van der Waals surface area contributed by atoms with Gasteiger partial charge in [0.2, 0.25) is 5.91 Å². The van der Waals surface area contributed by atoms with Crippen LogP contribution in [0.1, 0.15) is 31.4 Å². The molecule has 3 heterocycles. The molecule has 1 saturated carbocycles. The van der Waals surface area contributed by atoms with E-state index < -0.39 is 0 Å². The van der Waals surface area contributed by atoms with E-state index in [0.29, 0.717) is 5.92 Å². The minimum absolute atomic E-state index is 0.259. The quantitative estimate of drug-likeness (QED) is 0.854. The fourth-order valence-electron chi connectivity index (χ4n) is 3.50. The highest BCUT2D eigenvalue weighted by Gasteiger charge is 2.27. The summed E-state index contributed by atoms with van der Waals surface area (Å²) in [5.74, 6) is 2.89. The minimum Gasteiger partial charge on any atom is -0.458 e. The van der Waals surface area contributed by atoms with Crippen LogP contribution in [0, 0.1) is 11.8 Å². The predicted octanol–water partition coefficient (Wildman–Crippen LogP) is 2.41. The molecule has 0 spiro atoms. The summed E-state index contributed by atoms with van der Waals surface area (Å²) in [7, 11) is 0. The zero-order valence-corrected chi connectivity index (χ0v) is 13.8. The second-order valence-corrected chi connectivity index (χ2v) is 7.00. The number of hydrogen-bond acceptors (Lipinski definition) is 4. The van der Waals surface area contributed by atoms with Crippen molar-refractivity contribution in [3.8, 4) is 11.5 Å². The first-order valence-corrected chi connectivity index (χ1v) is 8.86. The zero-order valence-electron chi connectivity index (χ0n) is 13.8. The lowest BCUT2D eigenvalue weighted by atomic mass is 9.85. The van der Waals surface area contributed by atoms with Gasteiger partial charge in [0.05, 0.1) is 6.54 Å². The van der Waals surface area contributed by atoms with E-state index in [0.717, 1.165) is 62.7 Å². The van der Waals surface area contributed by atoms with Crippen molar-refractivity contribution in [1.82, 2.24) is 20.4 Å². The van der Waals surface area contributed by atoms with Crippen molar-refractivity contribution < 1.29 is 9.21 Å². The van der Waals surface area contributed by atoms with Gasteiger partial charge in [0.25, 0.3) is 0 Å². The van der Waals surface area contributed by atoms with Crippen molar-refractivity contribution in [1.29, 1.82) is 0 Å². The molecule has 0 aromatic carbocycles. The van der Waals surface area contributed by atoms with Crippen molar-refractivity contribution in [2.75, 3.05) is 19.6 Å². The molecule has 2 aliphatic rings. The molecule has 2 aromatic rings. The highest BCUT2D eigenvalue weighted by molar-refractivity contribution is 5.79. The molecule has 2 fully saturated rings. The first-order chi connectivity index (χ1) is 11.8. The van der Waals surface area contributed by atoms with E-state index in [-0.39, 0.29) is 11.8 Å². The molecule has 1 atom stereocenters. The van der Waals surface area contributed by atoms with Gasteiger partial charge < -0.3 is 9.73 Å². The van der Waals surface area contributed by atoms with Gasteiger partial charge in [-0.1, -0.05) is 6.42 Å². The molecule has 0 bridgehead atoms. The first-order valence-electron chi connectivity index (χ1n) is 8.86. The lowest BCUT2D eigenvalue weighted by Crippen LogP contribution is -2.37. The number of likely N-dealkylation sites (tertiary alicyclic amines) is 1. The number of carbonyl (C=O) groups excluding carboxylic acids is 1. The Bertz CT molecular complexity index is 675. The average Bonchev–Trinajstić information content (AvgIpc) is 3.25. The van der Waals surface area contributed by atoms with Crippen LogP contribution >= 0.6 is 0 Å². The molecule has 6 heteroatoms. The number of furan rings is 1. The smallest absolute Gasteiger partial charge is 0.223 e. The normalized spacial score (nSPS) is 21.8. The largest absolute Gasteiger partial charge is 0.458 e. The van der Waals surface area contributed by atoms with Crippen molar-refractivity contribution in [2.24, 2.45) is 11.8 Å². The van der Waals surface area contributed by atoms with E-state index in [2.05, 4.69) is 20.4 Å². The van der Waals surface area contributed by atoms with Gasteiger partial charge in [-0.25, -0.2) is 0 Å². The summed E-state index contributed by atoms with van der Waals surface area (Å²) in [5.41, 5.74) is 0.902. The molecule has 6 nitrogen and oxygen atoms in total. The van der Waals surface area contributed by atoms with Gasteiger partial charge in [-0.15, -0.1) is 0 Å². The van der Waals surface area contributed by atoms with Gasteiger partial charge in [0.1, 0.15) is 11.5 Å². The van der Waals surface area contributed by atoms with Crippen LogP contribution in [-0.2, 0) is 11.3 Å². The third-order valence-electron chi connectivity index (χ3n) is 5.22. The van der Waals surface area contributed by atoms with Crippen LogP contribution in [0.4, 0.5) is 0 Å². The number of nitrogens with zero attached hydrogens (tertiary/aromatic N) is 2. The van der Waals surface area contributed by atoms with Crippen molar-refractivity contribution in [3.63, 3.8) is 0 Å². The molecule has 1 unspecified atom stereocenters. The number of carbonyl (C=O) groups is 1. The summed E-state index contributed by atoms with van der Waals surface area (Å²) in [5, 5.41) is 10.00. The number of rotatable bonds is 6. The third-order valence-corrected chi connectivity index (χ3v) is 5.22. The Morgan fingerprint density at radius 1 is 1.33 bits per heavy atom. The fourth-order valence-corrected chi connectivity index (χ4v) is 3.50. The van der Waals surface area contributed by atoms with E-state index in [9.17, 15) is 4.79 Å². The van der Waals surface area contributed by atoms with Gasteiger partial charge in [-0.05, 0) is 49.9 Å². The number of aromatic amines is 1. The molecule has 2 N–H and O–H groups in total. The second kappa shape index (κ2) is 6.81. The van der Waals surface area contributed by atoms with Gasteiger partial charge >= 0.3 is 0 Å². The van der Waals surface area contributed by atoms with Gasteiger partial charge in [-0.2, -0.15) is 5.10 Å². The Labute approximate surface area is 141 Å². The molecule has 128 valence electrons. The van der Waals surface area contributed by atoms with Crippen LogP contribution in [-0.4, -0.2) is 40.6 Å². The summed E-state index contributed by atoms with van der Waals surface area (Å²) < 4.78 is 5.89. The van der Waals surface area contributed by atoms with Crippen molar-refractivity contribution >= 4 is 5.91 Å². The van der Waals surface area contributed by atoms with Crippen molar-refractivity contribution in [3.05, 3.63) is 30.2 Å². The van der Waals surface area contributed by atoms with Crippen LogP contribution < -0.4 is 5.32 Å². The molecule has 2 aromatic heterocycles. The standard InChI is InChI=1S/C18H24N4O2/c23-18(14-2-1-3-14)19-10-13-7-9-22(11-13)12-15-4-5-17(24-15)16-6-8-20-21-16/h4-6,8,13-14H,1-3,7,9-12H2,(H,19,23)(H,20,21). The molecule has 24 heavy (non-hydrogen) atoms. The summed E-state index contributed by atoms with van der Waals surface area (Å²) in [6.07, 6.45) is 6.21. The zero-order chi connectivity index (χ0) is 16.4. The maximum Gasteiger partial charge on any atom is 0.223 e. The number of H-pyrrole nitrogens is 1. The number of aromatic nitrogens is 2. The molecule has 1 aliphatic carbocycles. The molecule has 1 aliphatic heterocycles. The Balaban J connectivity index is 1.24. The second-order valence-electron chi connectivity index (χ2n) is 7.00. The predicted molar refractivity (Wildman–Crippen MR) is 90.0 cm³/mol. The van der Waals surface area contributed by atoms with Gasteiger partial charge in [-0.3, -0.25) is 14.8 Å². The maximum atomic E-state index is 11.9. The number of nitrogens with one attached hydrogen (secondary N) is 2. The lowest BCUT2D eigenvalue weighted by Gasteiger charge is -2.24. The SMILES string of the molecule is O=C(NCC1CCN(Cc2ccc(-c3ccn[nH]3)o2)C1)C1CCC1. The first kappa shape index (κ1) is 15.4. The third kappa shape index (κ3) is 3.38. The van der Waals surface area contributed by atoms with Crippen LogP contribution in [0.5, 0.6) is 0 Å². The molecule has 1 saturated heterocycles. The average molecular weight is 328 g/mol. The minimum atomic E-state index is 0.259. The lowest BCUT2D eigenvalue weighted by molar-refractivity contribution is -0.127. The highest BCUT2D eigenvalue weighted by Crippen LogP contribution is 2.27. The van der Waals surface area contributed by atoms with Crippen LogP contribution in [0.2, 0.25) is 0 Å². The van der Waals surface area contributed by atoms with Crippen molar-refractivity contribution in [2.45, 2.75) is 32.2 Å². The molecule has 0 radical (unpaired) electrons. The molecular formula is C18H24N4O2. The Hall–Kier alpha value is -2.08. The molecule has 1 amide bonds. The van der Waals surface area contributed by atoms with E-state index in [1.165, 1.54) is 6.42 Å². The van der Waals surface area contributed by atoms with Crippen LogP contribution in [0.3, 0.4) is 0 Å². The van der Waals surface area contributed by atoms with E-state index in [4.69, 9.17) is 4.42 Å². The van der Waals surface area contributed by atoms with E-state index >= 15 is 0 Å². The van der Waals surface area contributed by atoms with Gasteiger partial charge in [0.15, 0.2) is 5.76 Å². The monoisotopic (exact) mass is 328 g/mol. The Morgan fingerprint density at radius 3 is 3.00 bits per heavy atom.